The maximum absolute atomic E-state index is 12.2. The SMILES string of the molecule is Cc1cncc(Cl)c1N1CCCN(C(=O)OC(C)(C)C)CC1. The van der Waals surface area contributed by atoms with Crippen molar-refractivity contribution < 1.29 is 9.53 Å². The highest BCUT2D eigenvalue weighted by atomic mass is 35.5. The molecular formula is C16H24ClN3O2. The number of hydrogen-bond donors (Lipinski definition) is 0. The van der Waals surface area contributed by atoms with Crippen LogP contribution in [0.15, 0.2) is 12.4 Å². The van der Waals surface area contributed by atoms with Gasteiger partial charge in [0.2, 0.25) is 0 Å². The molecule has 0 bridgehead atoms. The molecule has 0 saturated carbocycles. The zero-order valence-electron chi connectivity index (χ0n) is 13.7. The van der Waals surface area contributed by atoms with E-state index in [-0.39, 0.29) is 6.09 Å². The molecule has 22 heavy (non-hydrogen) atoms. The first-order valence-electron chi connectivity index (χ1n) is 7.61. The Morgan fingerprint density at radius 1 is 1.23 bits per heavy atom. The smallest absolute Gasteiger partial charge is 0.410 e. The van der Waals surface area contributed by atoms with E-state index in [2.05, 4.69) is 9.88 Å². The summed E-state index contributed by atoms with van der Waals surface area (Å²) in [6, 6.07) is 0. The zero-order chi connectivity index (χ0) is 16.3. The summed E-state index contributed by atoms with van der Waals surface area (Å²) < 4.78 is 5.45. The average Bonchev–Trinajstić information content (AvgIpc) is 2.62. The lowest BCUT2D eigenvalue weighted by Crippen LogP contribution is -2.39. The fourth-order valence-electron chi connectivity index (χ4n) is 2.58. The van der Waals surface area contributed by atoms with Gasteiger partial charge in [0.05, 0.1) is 10.7 Å². The van der Waals surface area contributed by atoms with Crippen LogP contribution < -0.4 is 4.90 Å². The van der Waals surface area contributed by atoms with Gasteiger partial charge in [0, 0.05) is 38.6 Å². The minimum absolute atomic E-state index is 0.244. The number of anilines is 1. The van der Waals surface area contributed by atoms with Gasteiger partial charge in [0.15, 0.2) is 0 Å². The highest BCUT2D eigenvalue weighted by molar-refractivity contribution is 6.33. The van der Waals surface area contributed by atoms with Gasteiger partial charge in [-0.2, -0.15) is 0 Å². The zero-order valence-corrected chi connectivity index (χ0v) is 14.5. The Bertz CT molecular complexity index is 522. The third kappa shape index (κ3) is 4.26. The molecule has 0 radical (unpaired) electrons. The van der Waals surface area contributed by atoms with Crippen LogP contribution >= 0.6 is 11.6 Å². The van der Waals surface area contributed by atoms with E-state index in [1.165, 1.54) is 0 Å². The molecule has 5 nitrogen and oxygen atoms in total. The molecule has 2 heterocycles. The first kappa shape index (κ1) is 16.9. The summed E-state index contributed by atoms with van der Waals surface area (Å²) in [5, 5.41) is 0.658. The highest BCUT2D eigenvalue weighted by Gasteiger charge is 2.25. The van der Waals surface area contributed by atoms with E-state index in [0.717, 1.165) is 30.8 Å². The Hall–Kier alpha value is -1.49. The van der Waals surface area contributed by atoms with E-state index in [4.69, 9.17) is 16.3 Å². The standard InChI is InChI=1S/C16H24ClN3O2/c1-12-10-18-11-13(17)14(12)19-6-5-7-20(9-8-19)15(21)22-16(2,3)4/h10-11H,5-9H2,1-4H3. The molecule has 122 valence electrons. The lowest BCUT2D eigenvalue weighted by atomic mass is 10.2. The van der Waals surface area contributed by atoms with Gasteiger partial charge in [0.25, 0.3) is 0 Å². The second-order valence-electron chi connectivity index (χ2n) is 6.59. The van der Waals surface area contributed by atoms with Crippen molar-refractivity contribution in [2.45, 2.75) is 39.7 Å². The summed E-state index contributed by atoms with van der Waals surface area (Å²) in [7, 11) is 0. The minimum Gasteiger partial charge on any atom is -0.444 e. The van der Waals surface area contributed by atoms with E-state index in [9.17, 15) is 4.79 Å². The Kier molecular flexibility index (Phi) is 5.16. The summed E-state index contributed by atoms with van der Waals surface area (Å²) in [5.74, 6) is 0. The molecule has 1 saturated heterocycles. The van der Waals surface area contributed by atoms with Crippen LogP contribution in [0.4, 0.5) is 10.5 Å². The third-order valence-corrected chi connectivity index (χ3v) is 3.80. The van der Waals surface area contributed by atoms with E-state index >= 15 is 0 Å². The fraction of sp³-hybridized carbons (Fsp3) is 0.625. The number of aromatic nitrogens is 1. The van der Waals surface area contributed by atoms with Crippen LogP contribution in [-0.4, -0.2) is 47.8 Å². The highest BCUT2D eigenvalue weighted by Crippen LogP contribution is 2.29. The van der Waals surface area contributed by atoms with Gasteiger partial charge < -0.3 is 14.5 Å². The van der Waals surface area contributed by atoms with Crippen molar-refractivity contribution in [2.75, 3.05) is 31.1 Å². The van der Waals surface area contributed by atoms with Crippen LogP contribution in [0.25, 0.3) is 0 Å². The number of ether oxygens (including phenoxy) is 1. The van der Waals surface area contributed by atoms with Crippen LogP contribution in [0.1, 0.15) is 32.8 Å². The fourth-order valence-corrected chi connectivity index (χ4v) is 2.90. The Labute approximate surface area is 137 Å². The summed E-state index contributed by atoms with van der Waals surface area (Å²) in [6.07, 6.45) is 4.13. The molecule has 6 heteroatoms. The number of nitrogens with zero attached hydrogens (tertiary/aromatic N) is 3. The quantitative estimate of drug-likeness (QED) is 0.793. The van der Waals surface area contributed by atoms with Gasteiger partial charge >= 0.3 is 6.09 Å². The third-order valence-electron chi connectivity index (χ3n) is 3.52. The number of rotatable bonds is 1. The van der Waals surface area contributed by atoms with E-state index in [1.807, 2.05) is 33.9 Å². The van der Waals surface area contributed by atoms with Crippen molar-refractivity contribution in [1.82, 2.24) is 9.88 Å². The van der Waals surface area contributed by atoms with Crippen molar-refractivity contribution >= 4 is 23.4 Å². The number of aryl methyl sites for hydroxylation is 1. The van der Waals surface area contributed by atoms with Gasteiger partial charge in [-0.25, -0.2) is 4.79 Å². The molecule has 2 rings (SSSR count). The van der Waals surface area contributed by atoms with Crippen LogP contribution in [0.5, 0.6) is 0 Å². The number of pyridine rings is 1. The molecule has 0 unspecified atom stereocenters. The first-order chi connectivity index (χ1) is 10.3. The van der Waals surface area contributed by atoms with E-state index in [1.54, 1.807) is 11.1 Å². The predicted molar refractivity (Wildman–Crippen MR) is 88.6 cm³/mol. The molecule has 0 aliphatic carbocycles. The molecule has 0 N–H and O–H groups in total. The van der Waals surface area contributed by atoms with Gasteiger partial charge in [-0.05, 0) is 39.7 Å². The number of amides is 1. The van der Waals surface area contributed by atoms with E-state index in [0.29, 0.717) is 18.1 Å². The van der Waals surface area contributed by atoms with Crippen LogP contribution in [-0.2, 0) is 4.74 Å². The van der Waals surface area contributed by atoms with Gasteiger partial charge in [-0.1, -0.05) is 11.6 Å². The Morgan fingerprint density at radius 2 is 1.95 bits per heavy atom. The minimum atomic E-state index is -0.464. The van der Waals surface area contributed by atoms with E-state index < -0.39 is 5.60 Å². The molecule has 0 aromatic carbocycles. The van der Waals surface area contributed by atoms with Gasteiger partial charge in [-0.15, -0.1) is 0 Å². The lowest BCUT2D eigenvalue weighted by molar-refractivity contribution is 0.0263. The molecule has 1 fully saturated rings. The molecule has 1 amide bonds. The van der Waals surface area contributed by atoms with Crippen molar-refractivity contribution in [2.24, 2.45) is 0 Å². The summed E-state index contributed by atoms with van der Waals surface area (Å²) in [6.45, 7) is 10.6. The van der Waals surface area contributed by atoms with Gasteiger partial charge in [0.1, 0.15) is 5.60 Å². The predicted octanol–water partition coefficient (Wildman–Crippen LogP) is 3.49. The maximum atomic E-state index is 12.2. The summed E-state index contributed by atoms with van der Waals surface area (Å²) in [5.41, 5.74) is 1.61. The number of hydrogen-bond acceptors (Lipinski definition) is 4. The van der Waals surface area contributed by atoms with Crippen molar-refractivity contribution in [3.8, 4) is 0 Å². The summed E-state index contributed by atoms with van der Waals surface area (Å²) >= 11 is 6.29. The Balaban J connectivity index is 2.05. The van der Waals surface area contributed by atoms with Crippen molar-refractivity contribution in [3.63, 3.8) is 0 Å². The summed E-state index contributed by atoms with van der Waals surface area (Å²) in [4.78, 5) is 20.3. The number of halogens is 1. The average molecular weight is 326 g/mol. The molecule has 1 aromatic heterocycles. The monoisotopic (exact) mass is 325 g/mol. The second-order valence-corrected chi connectivity index (χ2v) is 7.00. The Morgan fingerprint density at radius 3 is 2.59 bits per heavy atom. The molecule has 1 aliphatic rings. The lowest BCUT2D eigenvalue weighted by Gasteiger charge is -2.27. The van der Waals surface area contributed by atoms with Crippen LogP contribution in [0, 0.1) is 6.92 Å². The largest absolute Gasteiger partial charge is 0.444 e. The van der Waals surface area contributed by atoms with Crippen LogP contribution in [0.3, 0.4) is 0 Å². The molecule has 1 aromatic rings. The van der Waals surface area contributed by atoms with Crippen LogP contribution in [0.2, 0.25) is 5.02 Å². The molecular weight excluding hydrogens is 302 g/mol. The van der Waals surface area contributed by atoms with Gasteiger partial charge in [-0.3, -0.25) is 4.98 Å². The van der Waals surface area contributed by atoms with Crippen molar-refractivity contribution in [1.29, 1.82) is 0 Å². The normalized spacial score (nSPS) is 16.4. The first-order valence-corrected chi connectivity index (χ1v) is 7.99. The molecule has 0 spiro atoms. The maximum Gasteiger partial charge on any atom is 0.410 e. The van der Waals surface area contributed by atoms with Crippen molar-refractivity contribution in [3.05, 3.63) is 23.0 Å². The number of carbonyl (C=O) groups excluding carboxylic acids is 1. The second kappa shape index (κ2) is 6.73. The topological polar surface area (TPSA) is 45.7 Å². The molecule has 0 atom stereocenters. The molecule has 1 aliphatic heterocycles. The number of carbonyl (C=O) groups is 1.